The number of hydrogen-bond acceptors (Lipinski definition) is 4. The molecule has 5 nitrogen and oxygen atoms in total. The summed E-state index contributed by atoms with van der Waals surface area (Å²) in [5.74, 6) is -2.55. The maximum Gasteiger partial charge on any atom is 0.231 e. The second kappa shape index (κ2) is 7.41. The number of nitrogens with two attached hydrogens (primary N) is 1. The summed E-state index contributed by atoms with van der Waals surface area (Å²) in [5, 5.41) is 2.99. The highest BCUT2D eigenvalue weighted by Gasteiger charge is 2.27. The van der Waals surface area contributed by atoms with Crippen LogP contribution >= 0.6 is 11.6 Å². The molecule has 0 bridgehead atoms. The van der Waals surface area contributed by atoms with E-state index in [0.29, 0.717) is 11.3 Å². The first kappa shape index (κ1) is 17.7. The highest BCUT2D eigenvalue weighted by molar-refractivity contribution is 6.31. The number of amides is 1. The molecule has 1 atom stereocenters. The van der Waals surface area contributed by atoms with Gasteiger partial charge in [-0.25, -0.2) is 4.39 Å². The van der Waals surface area contributed by atoms with E-state index in [0.717, 1.165) is 0 Å². The van der Waals surface area contributed by atoms with E-state index in [9.17, 15) is 14.1 Å². The molecule has 1 unspecified atom stereocenters. The number of aromatic nitrogens is 1. The zero-order valence-electron chi connectivity index (χ0n) is 13.4. The van der Waals surface area contributed by atoms with Crippen LogP contribution in [0.4, 0.5) is 10.1 Å². The normalized spacial score (nSPS) is 11.8. The van der Waals surface area contributed by atoms with Crippen LogP contribution in [0, 0.1) is 10.7 Å². The van der Waals surface area contributed by atoms with Gasteiger partial charge in [-0.3, -0.25) is 9.78 Å². The molecule has 2 aromatic carbocycles. The summed E-state index contributed by atoms with van der Waals surface area (Å²) < 4.78 is 14.3. The van der Waals surface area contributed by atoms with Crippen LogP contribution in [0.15, 0.2) is 65.8 Å². The number of nitrogens with zero attached hydrogens (tertiary/aromatic N) is 2. The molecule has 1 amide bonds. The number of benzene rings is 2. The maximum atomic E-state index is 14.3. The van der Waals surface area contributed by atoms with Crippen molar-refractivity contribution in [1.29, 1.82) is 0 Å². The summed E-state index contributed by atoms with van der Waals surface area (Å²) in [5.41, 5.74) is 7.12. The fourth-order valence-corrected chi connectivity index (χ4v) is 2.99. The molecule has 3 rings (SSSR count). The lowest BCUT2D eigenvalue weighted by atomic mass is 9.93. The molecule has 0 saturated heterocycles. The molecule has 0 aliphatic rings. The molecule has 0 radical (unpaired) electrons. The van der Waals surface area contributed by atoms with Crippen LogP contribution in [0.5, 0.6) is 0 Å². The first-order chi connectivity index (χ1) is 12.5. The van der Waals surface area contributed by atoms with Crippen molar-refractivity contribution < 1.29 is 9.18 Å². The Kier molecular flexibility index (Phi) is 5.04. The van der Waals surface area contributed by atoms with E-state index in [2.05, 4.69) is 10.2 Å². The van der Waals surface area contributed by atoms with Crippen molar-refractivity contribution in [2.75, 3.05) is 0 Å². The van der Waals surface area contributed by atoms with Gasteiger partial charge in [-0.2, -0.15) is 0 Å². The molecule has 1 aromatic heterocycles. The summed E-state index contributed by atoms with van der Waals surface area (Å²) >= 11 is 6.09. The Morgan fingerprint density at radius 1 is 1.12 bits per heavy atom. The molecule has 0 spiro atoms. The van der Waals surface area contributed by atoms with Crippen LogP contribution in [-0.4, -0.2) is 10.9 Å². The Balaban J connectivity index is 2.12. The Morgan fingerprint density at radius 2 is 1.85 bits per heavy atom. The quantitative estimate of drug-likeness (QED) is 0.669. The van der Waals surface area contributed by atoms with Crippen LogP contribution in [0.2, 0.25) is 5.02 Å². The van der Waals surface area contributed by atoms with Gasteiger partial charge in [0.15, 0.2) is 0 Å². The number of carbonyl (C=O) groups excluding carboxylic acids is 1. The topological polar surface area (TPSA) is 85.4 Å². The number of hydrogen-bond donors (Lipinski definition) is 1. The summed E-state index contributed by atoms with van der Waals surface area (Å²) in [6.45, 7) is 0. The largest absolute Gasteiger partial charge is 0.369 e. The molecule has 2 N–H and O–H groups in total. The molecule has 3 aromatic rings. The lowest BCUT2D eigenvalue weighted by Crippen LogP contribution is -2.24. The van der Waals surface area contributed by atoms with Crippen molar-refractivity contribution in [3.05, 3.63) is 87.7 Å². The van der Waals surface area contributed by atoms with Crippen molar-refractivity contribution in [3.8, 4) is 11.3 Å². The highest BCUT2D eigenvalue weighted by Crippen LogP contribution is 2.33. The van der Waals surface area contributed by atoms with Gasteiger partial charge in [-0.05, 0) is 41.6 Å². The van der Waals surface area contributed by atoms with Crippen LogP contribution in [0.1, 0.15) is 17.2 Å². The average molecular weight is 370 g/mol. The van der Waals surface area contributed by atoms with E-state index in [1.165, 1.54) is 18.2 Å². The Hall–Kier alpha value is -3.12. The lowest BCUT2D eigenvalue weighted by Gasteiger charge is -2.16. The van der Waals surface area contributed by atoms with Gasteiger partial charge in [0.05, 0.1) is 11.4 Å². The molecule has 1 heterocycles. The standard InChI is InChI=1S/C19H13ClFN3O2/c20-13-6-2-7-14(21)17(13)18(19(22)25)16-9-3-8-15(23-16)11-4-1-5-12(10-11)24-26/h1-10,18H,(H2,22,25). The molecule has 0 aliphatic heterocycles. The van der Waals surface area contributed by atoms with E-state index in [1.54, 1.807) is 42.5 Å². The van der Waals surface area contributed by atoms with Gasteiger partial charge in [-0.1, -0.05) is 35.9 Å². The number of carbonyl (C=O) groups is 1. The second-order valence-electron chi connectivity index (χ2n) is 5.56. The third-order valence-corrected chi connectivity index (χ3v) is 4.22. The Morgan fingerprint density at radius 3 is 2.54 bits per heavy atom. The van der Waals surface area contributed by atoms with Crippen LogP contribution < -0.4 is 5.73 Å². The fourth-order valence-electron chi connectivity index (χ4n) is 2.72. The zero-order chi connectivity index (χ0) is 18.7. The number of halogens is 2. The van der Waals surface area contributed by atoms with Gasteiger partial charge in [0.25, 0.3) is 0 Å². The molecular formula is C19H13ClFN3O2. The summed E-state index contributed by atoms with van der Waals surface area (Å²) in [6, 6.07) is 15.6. The highest BCUT2D eigenvalue weighted by atomic mass is 35.5. The van der Waals surface area contributed by atoms with E-state index < -0.39 is 17.6 Å². The van der Waals surface area contributed by atoms with Gasteiger partial charge in [0, 0.05) is 16.1 Å². The molecule has 0 aliphatic carbocycles. The summed E-state index contributed by atoms with van der Waals surface area (Å²) in [6.07, 6.45) is 0. The predicted molar refractivity (Wildman–Crippen MR) is 97.6 cm³/mol. The lowest BCUT2D eigenvalue weighted by molar-refractivity contribution is -0.118. The van der Waals surface area contributed by atoms with E-state index in [1.807, 2.05) is 0 Å². The van der Waals surface area contributed by atoms with Gasteiger partial charge in [0.1, 0.15) is 17.4 Å². The first-order valence-electron chi connectivity index (χ1n) is 7.65. The minimum Gasteiger partial charge on any atom is -0.369 e. The van der Waals surface area contributed by atoms with Crippen LogP contribution in [0.3, 0.4) is 0 Å². The monoisotopic (exact) mass is 369 g/mol. The van der Waals surface area contributed by atoms with Crippen molar-refractivity contribution in [1.82, 2.24) is 4.98 Å². The van der Waals surface area contributed by atoms with E-state index >= 15 is 0 Å². The fraction of sp³-hybridized carbons (Fsp3) is 0.0526. The number of pyridine rings is 1. The SMILES string of the molecule is NC(=O)C(c1cccc(-c2cccc(N=O)c2)n1)c1c(F)cccc1Cl. The molecule has 0 saturated carbocycles. The molecule has 26 heavy (non-hydrogen) atoms. The third-order valence-electron chi connectivity index (χ3n) is 3.89. The van der Waals surface area contributed by atoms with Gasteiger partial charge in [0.2, 0.25) is 5.91 Å². The third kappa shape index (κ3) is 3.45. The van der Waals surface area contributed by atoms with E-state index in [-0.39, 0.29) is 22.0 Å². The smallest absolute Gasteiger partial charge is 0.231 e. The molecular weight excluding hydrogens is 357 g/mol. The van der Waals surface area contributed by atoms with Crippen molar-refractivity contribution >= 4 is 23.2 Å². The zero-order valence-corrected chi connectivity index (χ0v) is 14.2. The number of primary amides is 1. The molecule has 130 valence electrons. The van der Waals surface area contributed by atoms with Crippen molar-refractivity contribution in [2.24, 2.45) is 10.9 Å². The minimum absolute atomic E-state index is 0.0189. The minimum atomic E-state index is -1.14. The summed E-state index contributed by atoms with van der Waals surface area (Å²) in [4.78, 5) is 27.2. The number of rotatable bonds is 5. The molecule has 7 heteroatoms. The summed E-state index contributed by atoms with van der Waals surface area (Å²) in [7, 11) is 0. The van der Waals surface area contributed by atoms with E-state index in [4.69, 9.17) is 17.3 Å². The second-order valence-corrected chi connectivity index (χ2v) is 5.97. The maximum absolute atomic E-state index is 14.3. The molecule has 0 fully saturated rings. The van der Waals surface area contributed by atoms with Crippen molar-refractivity contribution in [3.63, 3.8) is 0 Å². The van der Waals surface area contributed by atoms with Crippen molar-refractivity contribution in [2.45, 2.75) is 5.92 Å². The Labute approximate surface area is 153 Å². The Bertz CT molecular complexity index is 974. The van der Waals surface area contributed by atoms with Crippen LogP contribution in [-0.2, 0) is 4.79 Å². The first-order valence-corrected chi connectivity index (χ1v) is 8.03. The average Bonchev–Trinajstić information content (AvgIpc) is 2.64. The number of nitroso groups, excluding NO2 is 1. The predicted octanol–water partition coefficient (Wildman–Crippen LogP) is 4.56. The van der Waals surface area contributed by atoms with Gasteiger partial charge < -0.3 is 5.73 Å². The van der Waals surface area contributed by atoms with Gasteiger partial charge in [-0.15, -0.1) is 4.91 Å². The van der Waals surface area contributed by atoms with Gasteiger partial charge >= 0.3 is 0 Å². The van der Waals surface area contributed by atoms with Crippen LogP contribution in [0.25, 0.3) is 11.3 Å².